The van der Waals surface area contributed by atoms with Gasteiger partial charge in [-0.2, -0.15) is 0 Å². The van der Waals surface area contributed by atoms with Crippen molar-refractivity contribution in [2.24, 2.45) is 0 Å². The Kier molecular flexibility index (Phi) is 4.73. The third-order valence-corrected chi connectivity index (χ3v) is 2.18. The highest BCUT2D eigenvalue weighted by Gasteiger charge is 2.21. The van der Waals surface area contributed by atoms with Gasteiger partial charge in [0.25, 0.3) is 0 Å². The monoisotopic (exact) mass is 258 g/mol. The Bertz CT molecular complexity index is 445. The van der Waals surface area contributed by atoms with E-state index in [1.54, 1.807) is 0 Å². The molecule has 0 aliphatic heterocycles. The zero-order valence-corrected chi connectivity index (χ0v) is 9.61. The van der Waals surface area contributed by atoms with Gasteiger partial charge in [0.05, 0.1) is 6.61 Å². The molecule has 1 aromatic carbocycles. The molecule has 0 spiro atoms. The maximum absolute atomic E-state index is 13.2. The average molecular weight is 258 g/mol. The van der Waals surface area contributed by atoms with Crippen molar-refractivity contribution in [3.63, 3.8) is 0 Å². The van der Waals surface area contributed by atoms with Crippen molar-refractivity contribution in [1.29, 1.82) is 0 Å². The number of amides is 2. The van der Waals surface area contributed by atoms with Crippen molar-refractivity contribution in [3.05, 3.63) is 29.8 Å². The zero-order chi connectivity index (χ0) is 13.7. The van der Waals surface area contributed by atoms with Crippen LogP contribution in [0.4, 0.5) is 14.5 Å². The second kappa shape index (κ2) is 6.06. The van der Waals surface area contributed by atoms with Gasteiger partial charge in [0.1, 0.15) is 17.3 Å². The maximum atomic E-state index is 13.2. The normalized spacial score (nSPS) is 10.0. The Morgan fingerprint density at radius 3 is 2.39 bits per heavy atom. The molecule has 1 rings (SSSR count). The Labute approximate surface area is 102 Å². The van der Waals surface area contributed by atoms with Crippen LogP contribution in [0.5, 0.6) is 0 Å². The predicted molar refractivity (Wildman–Crippen MR) is 59.7 cm³/mol. The van der Waals surface area contributed by atoms with Gasteiger partial charge in [0, 0.05) is 13.6 Å². The van der Waals surface area contributed by atoms with Crippen LogP contribution in [-0.2, 0) is 9.59 Å². The molecule has 2 N–H and O–H groups in total. The lowest BCUT2D eigenvalue weighted by Gasteiger charge is -2.15. The number of carbonyl (C=O) groups excluding carboxylic acids is 2. The van der Waals surface area contributed by atoms with E-state index in [2.05, 4.69) is 0 Å². The number of hydrogen-bond donors (Lipinski definition) is 2. The summed E-state index contributed by atoms with van der Waals surface area (Å²) in [4.78, 5) is 23.8. The molecule has 18 heavy (non-hydrogen) atoms. The summed E-state index contributed by atoms with van der Waals surface area (Å²) in [6, 6.07) is 3.06. The summed E-state index contributed by atoms with van der Waals surface area (Å²) in [5, 5.41) is 10.5. The van der Waals surface area contributed by atoms with E-state index in [1.165, 1.54) is 7.05 Å². The van der Waals surface area contributed by atoms with Gasteiger partial charge >= 0.3 is 11.8 Å². The van der Waals surface area contributed by atoms with Crippen LogP contribution in [0, 0.1) is 11.6 Å². The highest BCUT2D eigenvalue weighted by molar-refractivity contribution is 6.39. The smallest absolute Gasteiger partial charge is 0.314 e. The number of nitrogens with one attached hydrogen (secondary N) is 1. The Balaban J connectivity index is 2.79. The molecule has 1 aromatic rings. The van der Waals surface area contributed by atoms with Crippen molar-refractivity contribution in [1.82, 2.24) is 4.90 Å². The molecule has 0 aliphatic rings. The molecule has 2 amide bonds. The minimum atomic E-state index is -1.17. The van der Waals surface area contributed by atoms with E-state index in [4.69, 9.17) is 5.11 Å². The average Bonchev–Trinajstić information content (AvgIpc) is 2.33. The minimum absolute atomic E-state index is 0.0496. The fraction of sp³-hybridized carbons (Fsp3) is 0.273. The molecule has 0 aliphatic carbocycles. The van der Waals surface area contributed by atoms with E-state index in [-0.39, 0.29) is 13.2 Å². The van der Waals surface area contributed by atoms with E-state index in [1.807, 2.05) is 5.32 Å². The first-order valence-corrected chi connectivity index (χ1v) is 5.08. The van der Waals surface area contributed by atoms with E-state index < -0.39 is 29.1 Å². The summed E-state index contributed by atoms with van der Waals surface area (Å²) in [5.74, 6) is -4.11. The van der Waals surface area contributed by atoms with Crippen LogP contribution in [0.1, 0.15) is 0 Å². The standard InChI is InChI=1S/C11H12F2N2O3/c1-15(5-6-16)11(18)10(17)14-9-7(12)3-2-4-8(9)13/h2-4,16H,5-6H2,1H3,(H,14,17). The lowest BCUT2D eigenvalue weighted by atomic mass is 10.3. The number of nitrogens with zero attached hydrogens (tertiary/aromatic N) is 1. The first-order valence-electron chi connectivity index (χ1n) is 5.08. The highest BCUT2D eigenvalue weighted by atomic mass is 19.1. The second-order valence-corrected chi connectivity index (χ2v) is 3.50. The third-order valence-electron chi connectivity index (χ3n) is 2.18. The fourth-order valence-electron chi connectivity index (χ4n) is 1.21. The second-order valence-electron chi connectivity index (χ2n) is 3.50. The number of para-hydroxylation sites is 1. The van der Waals surface area contributed by atoms with Crippen LogP contribution >= 0.6 is 0 Å². The molecule has 0 unspecified atom stereocenters. The molecule has 0 aromatic heterocycles. The van der Waals surface area contributed by atoms with Crippen LogP contribution in [0.15, 0.2) is 18.2 Å². The van der Waals surface area contributed by atoms with E-state index in [0.717, 1.165) is 23.1 Å². The number of likely N-dealkylation sites (N-methyl/N-ethyl adjacent to an activating group) is 1. The maximum Gasteiger partial charge on any atom is 0.314 e. The van der Waals surface area contributed by atoms with Crippen LogP contribution in [0.2, 0.25) is 0 Å². The van der Waals surface area contributed by atoms with Crippen molar-refractivity contribution in [2.75, 3.05) is 25.5 Å². The lowest BCUT2D eigenvalue weighted by molar-refractivity contribution is -0.142. The molecule has 7 heteroatoms. The van der Waals surface area contributed by atoms with Crippen LogP contribution in [0.25, 0.3) is 0 Å². The van der Waals surface area contributed by atoms with Gasteiger partial charge in [-0.1, -0.05) is 6.07 Å². The predicted octanol–water partition coefficient (Wildman–Crippen LogP) is 0.354. The van der Waals surface area contributed by atoms with Crippen LogP contribution in [-0.4, -0.2) is 42.0 Å². The molecule has 5 nitrogen and oxygen atoms in total. The molecular formula is C11H12F2N2O3. The fourth-order valence-corrected chi connectivity index (χ4v) is 1.21. The molecule has 0 saturated carbocycles. The summed E-state index contributed by atoms with van der Waals surface area (Å²) in [5.41, 5.74) is -0.673. The van der Waals surface area contributed by atoms with E-state index in [9.17, 15) is 18.4 Å². The van der Waals surface area contributed by atoms with Gasteiger partial charge in [-0.3, -0.25) is 9.59 Å². The topological polar surface area (TPSA) is 69.6 Å². The van der Waals surface area contributed by atoms with Gasteiger partial charge < -0.3 is 15.3 Å². The van der Waals surface area contributed by atoms with Gasteiger partial charge in [-0.05, 0) is 12.1 Å². The van der Waals surface area contributed by atoms with Gasteiger partial charge in [-0.25, -0.2) is 8.78 Å². The number of aliphatic hydroxyl groups is 1. The van der Waals surface area contributed by atoms with E-state index >= 15 is 0 Å². The molecule has 98 valence electrons. The number of hydrogen-bond acceptors (Lipinski definition) is 3. The summed E-state index contributed by atoms with van der Waals surface area (Å²) in [7, 11) is 1.29. The summed E-state index contributed by atoms with van der Waals surface area (Å²) in [6.45, 7) is -0.365. The first-order chi connectivity index (χ1) is 8.47. The largest absolute Gasteiger partial charge is 0.395 e. The molecular weight excluding hydrogens is 246 g/mol. The van der Waals surface area contributed by atoms with E-state index in [0.29, 0.717) is 0 Å². The minimum Gasteiger partial charge on any atom is -0.395 e. The van der Waals surface area contributed by atoms with Gasteiger partial charge in [0.15, 0.2) is 0 Å². The third kappa shape index (κ3) is 3.24. The number of halogens is 2. The number of carbonyl (C=O) groups is 2. The molecule has 0 atom stereocenters. The van der Waals surface area contributed by atoms with Crippen molar-refractivity contribution < 1.29 is 23.5 Å². The number of aliphatic hydroxyl groups excluding tert-OH is 1. The first kappa shape index (κ1) is 14.0. The molecule has 0 fully saturated rings. The number of benzene rings is 1. The molecule has 0 radical (unpaired) electrons. The lowest BCUT2D eigenvalue weighted by Crippen LogP contribution is -2.38. The summed E-state index contributed by atoms with van der Waals surface area (Å²) >= 11 is 0. The highest BCUT2D eigenvalue weighted by Crippen LogP contribution is 2.17. The quantitative estimate of drug-likeness (QED) is 0.769. The van der Waals surface area contributed by atoms with Gasteiger partial charge in [-0.15, -0.1) is 0 Å². The Hall–Kier alpha value is -2.02. The van der Waals surface area contributed by atoms with Crippen molar-refractivity contribution in [3.8, 4) is 0 Å². The molecule has 0 saturated heterocycles. The summed E-state index contributed by atoms with van der Waals surface area (Å²) in [6.07, 6.45) is 0. The van der Waals surface area contributed by atoms with Gasteiger partial charge in [0.2, 0.25) is 0 Å². The Morgan fingerprint density at radius 1 is 1.33 bits per heavy atom. The zero-order valence-electron chi connectivity index (χ0n) is 9.61. The summed E-state index contributed by atoms with van der Waals surface area (Å²) < 4.78 is 26.4. The SMILES string of the molecule is CN(CCO)C(=O)C(=O)Nc1c(F)cccc1F. The van der Waals surface area contributed by atoms with Crippen molar-refractivity contribution in [2.45, 2.75) is 0 Å². The molecule has 0 bridgehead atoms. The van der Waals surface area contributed by atoms with Crippen LogP contribution < -0.4 is 5.32 Å². The number of rotatable bonds is 3. The number of anilines is 1. The Morgan fingerprint density at radius 2 is 1.89 bits per heavy atom. The van der Waals surface area contributed by atoms with Crippen LogP contribution in [0.3, 0.4) is 0 Å². The molecule has 0 heterocycles. The van der Waals surface area contributed by atoms with Crippen molar-refractivity contribution >= 4 is 17.5 Å².